The van der Waals surface area contributed by atoms with Gasteiger partial charge in [-0.3, -0.25) is 4.90 Å². The molecule has 1 N–H and O–H groups in total. The van der Waals surface area contributed by atoms with Gasteiger partial charge in [0.25, 0.3) is 0 Å². The lowest BCUT2D eigenvalue weighted by Crippen LogP contribution is -2.58. The highest BCUT2D eigenvalue weighted by molar-refractivity contribution is 4.97. The summed E-state index contributed by atoms with van der Waals surface area (Å²) < 4.78 is 0. The third kappa shape index (κ3) is 3.39. The minimum atomic E-state index is -0.157. The van der Waals surface area contributed by atoms with Gasteiger partial charge in [0.2, 0.25) is 0 Å². The fraction of sp³-hybridized carbons (Fsp3) is 1.00. The molecule has 0 spiro atoms. The Bertz CT molecular complexity index is 290. The van der Waals surface area contributed by atoms with Gasteiger partial charge < -0.3 is 5.11 Å². The summed E-state index contributed by atoms with van der Waals surface area (Å²) in [6.07, 6.45) is 8.66. The van der Waals surface area contributed by atoms with E-state index >= 15 is 0 Å². The first kappa shape index (κ1) is 16.3. The smallest absolute Gasteiger partial charge is 0.0749 e. The Hall–Kier alpha value is -0.0800. The van der Waals surface area contributed by atoms with Crippen LogP contribution in [0.2, 0.25) is 0 Å². The molecule has 4 atom stereocenters. The summed E-state index contributed by atoms with van der Waals surface area (Å²) in [6.45, 7) is 11.7. The van der Waals surface area contributed by atoms with E-state index in [1.165, 1.54) is 51.6 Å². The molecule has 1 heterocycles. The Morgan fingerprint density at radius 2 is 1.60 bits per heavy atom. The Morgan fingerprint density at radius 3 is 2.10 bits per heavy atom. The van der Waals surface area contributed by atoms with Gasteiger partial charge >= 0.3 is 0 Å². The maximum Gasteiger partial charge on any atom is 0.0749 e. The fourth-order valence-corrected chi connectivity index (χ4v) is 4.80. The molecule has 1 saturated heterocycles. The lowest BCUT2D eigenvalue weighted by molar-refractivity contribution is -0.0767. The van der Waals surface area contributed by atoms with E-state index in [1.807, 2.05) is 0 Å². The molecule has 1 saturated carbocycles. The van der Waals surface area contributed by atoms with Crippen LogP contribution in [0.1, 0.15) is 72.6 Å². The number of piperidine rings is 1. The Kier molecular flexibility index (Phi) is 5.53. The van der Waals surface area contributed by atoms with Crippen LogP contribution in [0.4, 0.5) is 0 Å². The van der Waals surface area contributed by atoms with Crippen LogP contribution in [0, 0.1) is 17.8 Å². The van der Waals surface area contributed by atoms with E-state index in [0.717, 1.165) is 18.3 Å². The summed E-state index contributed by atoms with van der Waals surface area (Å²) in [5, 5.41) is 11.1. The van der Waals surface area contributed by atoms with E-state index in [2.05, 4.69) is 32.6 Å². The van der Waals surface area contributed by atoms with Crippen LogP contribution in [-0.4, -0.2) is 34.7 Å². The van der Waals surface area contributed by atoms with E-state index in [1.54, 1.807) is 0 Å². The number of nitrogens with zero attached hydrogens (tertiary/aromatic N) is 1. The predicted octanol–water partition coefficient (Wildman–Crippen LogP) is 4.07. The highest BCUT2D eigenvalue weighted by atomic mass is 16.3. The van der Waals surface area contributed by atoms with Crippen LogP contribution < -0.4 is 0 Å². The molecule has 0 bridgehead atoms. The number of likely N-dealkylation sites (tertiary alicyclic amines) is 1. The van der Waals surface area contributed by atoms with Gasteiger partial charge in [-0.2, -0.15) is 0 Å². The largest absolute Gasteiger partial charge is 0.391 e. The molecule has 0 radical (unpaired) electrons. The Balaban J connectivity index is 2.08. The number of hydrogen-bond acceptors (Lipinski definition) is 2. The van der Waals surface area contributed by atoms with Gasteiger partial charge in [-0.05, 0) is 76.3 Å². The zero-order chi connectivity index (χ0) is 14.8. The van der Waals surface area contributed by atoms with E-state index in [-0.39, 0.29) is 11.6 Å². The van der Waals surface area contributed by atoms with Gasteiger partial charge in [0, 0.05) is 5.54 Å². The van der Waals surface area contributed by atoms with Crippen molar-refractivity contribution < 1.29 is 5.11 Å². The van der Waals surface area contributed by atoms with Crippen molar-refractivity contribution in [2.24, 2.45) is 17.8 Å². The van der Waals surface area contributed by atoms with Crippen molar-refractivity contribution in [2.75, 3.05) is 13.1 Å². The van der Waals surface area contributed by atoms with Crippen LogP contribution in [0.15, 0.2) is 0 Å². The topological polar surface area (TPSA) is 23.5 Å². The van der Waals surface area contributed by atoms with Crippen molar-refractivity contribution in [2.45, 2.75) is 84.3 Å². The molecule has 0 amide bonds. The molecular weight excluding hydrogens is 246 g/mol. The molecule has 2 aliphatic rings. The van der Waals surface area contributed by atoms with Crippen LogP contribution in [0.25, 0.3) is 0 Å². The monoisotopic (exact) mass is 281 g/mol. The minimum Gasteiger partial charge on any atom is -0.391 e. The molecule has 0 aromatic heterocycles. The summed E-state index contributed by atoms with van der Waals surface area (Å²) >= 11 is 0. The molecule has 1 aliphatic heterocycles. The maximum atomic E-state index is 11.1. The lowest BCUT2D eigenvalue weighted by atomic mass is 9.69. The normalized spacial score (nSPS) is 37.4. The summed E-state index contributed by atoms with van der Waals surface area (Å²) in [4.78, 5) is 2.59. The quantitative estimate of drug-likeness (QED) is 0.839. The highest BCUT2D eigenvalue weighted by Gasteiger charge is 2.43. The summed E-state index contributed by atoms with van der Waals surface area (Å²) in [7, 11) is 0. The molecule has 1 aliphatic carbocycles. The van der Waals surface area contributed by atoms with Crippen molar-refractivity contribution in [3.63, 3.8) is 0 Å². The molecule has 2 heteroatoms. The molecule has 2 rings (SSSR count). The van der Waals surface area contributed by atoms with Crippen molar-refractivity contribution in [3.05, 3.63) is 0 Å². The van der Waals surface area contributed by atoms with Crippen LogP contribution >= 0.6 is 0 Å². The van der Waals surface area contributed by atoms with Gasteiger partial charge in [0.1, 0.15) is 0 Å². The van der Waals surface area contributed by atoms with Gasteiger partial charge in [0.15, 0.2) is 0 Å². The Morgan fingerprint density at radius 1 is 1.05 bits per heavy atom. The average Bonchev–Trinajstić information content (AvgIpc) is 2.45. The van der Waals surface area contributed by atoms with Crippen molar-refractivity contribution >= 4 is 0 Å². The SMILES string of the molecule is CCC(C)(C(O)C1CC(C)CC(C)C1)N1CCCCC1. The number of hydrogen-bond donors (Lipinski definition) is 1. The first-order valence-corrected chi connectivity index (χ1v) is 8.90. The molecular formula is C18H35NO. The van der Waals surface area contributed by atoms with Crippen molar-refractivity contribution in [3.8, 4) is 0 Å². The second kappa shape index (κ2) is 6.79. The first-order chi connectivity index (χ1) is 9.47. The third-order valence-electron chi connectivity index (χ3n) is 6.09. The molecule has 118 valence electrons. The van der Waals surface area contributed by atoms with Crippen molar-refractivity contribution in [1.29, 1.82) is 0 Å². The number of aliphatic hydroxyl groups is 1. The fourth-order valence-electron chi connectivity index (χ4n) is 4.80. The summed E-state index contributed by atoms with van der Waals surface area (Å²) in [5.74, 6) is 2.06. The standard InChI is InChI=1S/C18H35NO/c1-5-18(4,19-9-7-6-8-10-19)17(20)16-12-14(2)11-15(3)13-16/h14-17,20H,5-13H2,1-4H3. The number of rotatable bonds is 4. The zero-order valence-electron chi connectivity index (χ0n) is 14.1. The number of aliphatic hydroxyl groups excluding tert-OH is 1. The second-order valence-electron chi connectivity index (χ2n) is 7.88. The van der Waals surface area contributed by atoms with Gasteiger partial charge in [-0.1, -0.05) is 27.2 Å². The van der Waals surface area contributed by atoms with E-state index in [9.17, 15) is 5.11 Å². The molecule has 0 aromatic rings. The lowest BCUT2D eigenvalue weighted by Gasteiger charge is -2.49. The Labute approximate surface area is 125 Å². The molecule has 4 unspecified atom stereocenters. The molecule has 2 fully saturated rings. The first-order valence-electron chi connectivity index (χ1n) is 8.90. The zero-order valence-corrected chi connectivity index (χ0v) is 14.1. The summed E-state index contributed by atoms with van der Waals surface area (Å²) in [5.41, 5.74) is -0.0120. The molecule has 2 nitrogen and oxygen atoms in total. The second-order valence-corrected chi connectivity index (χ2v) is 7.88. The van der Waals surface area contributed by atoms with Gasteiger partial charge in [-0.15, -0.1) is 0 Å². The maximum absolute atomic E-state index is 11.1. The van der Waals surface area contributed by atoms with E-state index in [4.69, 9.17) is 0 Å². The van der Waals surface area contributed by atoms with Gasteiger partial charge in [0.05, 0.1) is 6.10 Å². The van der Waals surface area contributed by atoms with Crippen LogP contribution in [0.5, 0.6) is 0 Å². The minimum absolute atomic E-state index is 0.0120. The van der Waals surface area contributed by atoms with Gasteiger partial charge in [-0.25, -0.2) is 0 Å². The predicted molar refractivity (Wildman–Crippen MR) is 85.8 cm³/mol. The molecule has 20 heavy (non-hydrogen) atoms. The average molecular weight is 281 g/mol. The highest BCUT2D eigenvalue weighted by Crippen LogP contribution is 2.40. The van der Waals surface area contributed by atoms with Crippen LogP contribution in [-0.2, 0) is 0 Å². The van der Waals surface area contributed by atoms with E-state index < -0.39 is 0 Å². The summed E-state index contributed by atoms with van der Waals surface area (Å²) in [6, 6.07) is 0. The van der Waals surface area contributed by atoms with Crippen LogP contribution in [0.3, 0.4) is 0 Å². The van der Waals surface area contributed by atoms with E-state index in [0.29, 0.717) is 5.92 Å². The third-order valence-corrected chi connectivity index (χ3v) is 6.09. The molecule has 0 aromatic carbocycles. The van der Waals surface area contributed by atoms with Crippen molar-refractivity contribution in [1.82, 2.24) is 4.90 Å².